The molecule has 0 N–H and O–H groups in total. The molecule has 0 saturated heterocycles. The van der Waals surface area contributed by atoms with Crippen molar-refractivity contribution in [3.8, 4) is 5.69 Å². The summed E-state index contributed by atoms with van der Waals surface area (Å²) in [7, 11) is 0. The summed E-state index contributed by atoms with van der Waals surface area (Å²) in [5.74, 6) is -4.52. The summed E-state index contributed by atoms with van der Waals surface area (Å²) in [4.78, 5) is 4.15. The van der Waals surface area contributed by atoms with Crippen LogP contribution in [0.1, 0.15) is 16.8 Å². The quantitative estimate of drug-likeness (QED) is 0.183. The average molecular weight is 532 g/mol. The number of rotatable bonds is 6. The van der Waals surface area contributed by atoms with Gasteiger partial charge in [0.15, 0.2) is 5.16 Å². The molecule has 10 heteroatoms. The maximum atomic E-state index is 15.6. The molecule has 0 aliphatic heterocycles. The largest absolute Gasteiger partial charge is 0.314 e. The lowest BCUT2D eigenvalue weighted by molar-refractivity contribution is 0.0357. The van der Waals surface area contributed by atoms with E-state index in [0.717, 1.165) is 36.2 Å². The van der Waals surface area contributed by atoms with Gasteiger partial charge in [-0.3, -0.25) is 4.57 Å². The first kappa shape index (κ1) is 24.0. The Morgan fingerprint density at radius 1 is 0.879 bits per heavy atom. The SMILES string of the molecule is Fc1ccc(-n2c(C(F)(F)c3ccc(Cl)c(Cl)c3)cnc2SCc2c(F)cccc2Cl)cc1. The third-order valence-corrected chi connectivity index (χ3v) is 6.90. The fourth-order valence-corrected chi connectivity index (χ4v) is 4.78. The molecule has 3 aromatic carbocycles. The van der Waals surface area contributed by atoms with E-state index in [9.17, 15) is 8.78 Å². The van der Waals surface area contributed by atoms with Crippen LogP contribution in [0, 0.1) is 11.6 Å². The first-order valence-electron chi connectivity index (χ1n) is 9.41. The highest BCUT2D eigenvalue weighted by atomic mass is 35.5. The van der Waals surface area contributed by atoms with Crippen LogP contribution < -0.4 is 0 Å². The fourth-order valence-electron chi connectivity index (χ4n) is 3.14. The van der Waals surface area contributed by atoms with Crippen LogP contribution in [-0.2, 0) is 11.7 Å². The number of hydrogen-bond donors (Lipinski definition) is 0. The second kappa shape index (κ2) is 9.58. The molecule has 0 unspecified atom stereocenters. The summed E-state index contributed by atoms with van der Waals surface area (Å²) >= 11 is 18.9. The van der Waals surface area contributed by atoms with Gasteiger partial charge in [0.2, 0.25) is 0 Å². The second-order valence-electron chi connectivity index (χ2n) is 6.93. The summed E-state index contributed by atoms with van der Waals surface area (Å²) in [6, 6.07) is 12.8. The monoisotopic (exact) mass is 530 g/mol. The molecule has 33 heavy (non-hydrogen) atoms. The van der Waals surface area contributed by atoms with E-state index in [-0.39, 0.29) is 37.2 Å². The van der Waals surface area contributed by atoms with Crippen molar-refractivity contribution in [3.05, 3.63) is 110 Å². The van der Waals surface area contributed by atoms with E-state index >= 15 is 8.78 Å². The predicted molar refractivity (Wildman–Crippen MR) is 124 cm³/mol. The van der Waals surface area contributed by atoms with Crippen molar-refractivity contribution in [1.29, 1.82) is 0 Å². The number of halogens is 7. The smallest absolute Gasteiger partial charge is 0.286 e. The first-order valence-corrected chi connectivity index (χ1v) is 11.5. The van der Waals surface area contributed by atoms with Gasteiger partial charge in [0, 0.05) is 27.6 Å². The van der Waals surface area contributed by atoms with Gasteiger partial charge in [-0.15, -0.1) is 0 Å². The highest BCUT2D eigenvalue weighted by Gasteiger charge is 2.39. The van der Waals surface area contributed by atoms with Gasteiger partial charge in [0.25, 0.3) is 0 Å². The number of alkyl halides is 2. The summed E-state index contributed by atoms with van der Waals surface area (Å²) in [6.45, 7) is 0. The van der Waals surface area contributed by atoms with Gasteiger partial charge in [-0.2, -0.15) is 8.78 Å². The molecular formula is C23H13Cl3F4N2S. The van der Waals surface area contributed by atoms with E-state index in [0.29, 0.717) is 0 Å². The number of imidazole rings is 1. The van der Waals surface area contributed by atoms with Crippen LogP contribution in [0.4, 0.5) is 17.6 Å². The summed E-state index contributed by atoms with van der Waals surface area (Å²) in [6.07, 6.45) is 1.02. The van der Waals surface area contributed by atoms with Crippen LogP contribution >= 0.6 is 46.6 Å². The van der Waals surface area contributed by atoms with Crippen LogP contribution in [0.2, 0.25) is 15.1 Å². The van der Waals surface area contributed by atoms with Gasteiger partial charge in [0.05, 0.1) is 16.2 Å². The standard InChI is InChI=1S/C23H13Cl3F4N2S/c24-17-2-1-3-20(28)16(17)12-33-22-31-11-21(32(22)15-7-5-14(27)6-8-15)23(29,30)13-4-9-18(25)19(26)10-13/h1-11H,12H2. The van der Waals surface area contributed by atoms with Crippen LogP contribution in [-0.4, -0.2) is 9.55 Å². The molecule has 2 nitrogen and oxygen atoms in total. The number of thioether (sulfide) groups is 1. The van der Waals surface area contributed by atoms with E-state index in [1.165, 1.54) is 47.0 Å². The van der Waals surface area contributed by atoms with E-state index in [4.69, 9.17) is 34.8 Å². The van der Waals surface area contributed by atoms with Crippen molar-refractivity contribution in [2.75, 3.05) is 0 Å². The zero-order chi connectivity index (χ0) is 23.8. The molecule has 170 valence electrons. The normalized spacial score (nSPS) is 11.7. The Morgan fingerprint density at radius 2 is 1.61 bits per heavy atom. The number of nitrogens with zero attached hydrogens (tertiary/aromatic N) is 2. The van der Waals surface area contributed by atoms with Crippen LogP contribution in [0.15, 0.2) is 72.0 Å². The maximum Gasteiger partial charge on any atom is 0.314 e. The molecule has 0 radical (unpaired) electrons. The number of hydrogen-bond acceptors (Lipinski definition) is 2. The van der Waals surface area contributed by atoms with Crippen LogP contribution in [0.25, 0.3) is 5.69 Å². The van der Waals surface area contributed by atoms with E-state index in [1.54, 1.807) is 0 Å². The van der Waals surface area contributed by atoms with Gasteiger partial charge >= 0.3 is 5.92 Å². The molecule has 0 atom stereocenters. The van der Waals surface area contributed by atoms with Crippen LogP contribution in [0.3, 0.4) is 0 Å². The minimum Gasteiger partial charge on any atom is -0.286 e. The van der Waals surface area contributed by atoms with Gasteiger partial charge in [0.1, 0.15) is 17.3 Å². The summed E-state index contributed by atoms with van der Waals surface area (Å²) in [5, 5.41) is 0.478. The third-order valence-electron chi connectivity index (χ3n) is 4.83. The summed E-state index contributed by atoms with van der Waals surface area (Å²) in [5.41, 5.74) is -0.398. The Kier molecular flexibility index (Phi) is 6.96. The molecule has 1 heterocycles. The molecule has 0 saturated carbocycles. The molecule has 0 bridgehead atoms. The molecule has 1 aromatic heterocycles. The van der Waals surface area contributed by atoms with Gasteiger partial charge in [-0.1, -0.05) is 58.7 Å². The van der Waals surface area contributed by atoms with Crippen molar-refractivity contribution in [1.82, 2.24) is 9.55 Å². The summed E-state index contributed by atoms with van der Waals surface area (Å²) < 4.78 is 60.1. The van der Waals surface area contributed by atoms with E-state index < -0.39 is 28.8 Å². The number of benzene rings is 3. The molecule has 0 spiro atoms. The Labute approximate surface area is 206 Å². The molecule has 4 aromatic rings. The number of aromatic nitrogens is 2. The Morgan fingerprint density at radius 3 is 2.27 bits per heavy atom. The zero-order valence-electron chi connectivity index (χ0n) is 16.5. The van der Waals surface area contributed by atoms with Gasteiger partial charge in [-0.25, -0.2) is 13.8 Å². The van der Waals surface area contributed by atoms with Gasteiger partial charge < -0.3 is 0 Å². The molecule has 0 aliphatic rings. The highest BCUT2D eigenvalue weighted by molar-refractivity contribution is 7.98. The van der Waals surface area contributed by atoms with Crippen LogP contribution in [0.5, 0.6) is 0 Å². The average Bonchev–Trinajstić information content (AvgIpc) is 3.20. The lowest BCUT2D eigenvalue weighted by Crippen LogP contribution is -2.20. The van der Waals surface area contributed by atoms with E-state index in [2.05, 4.69) is 4.98 Å². The zero-order valence-corrected chi connectivity index (χ0v) is 19.6. The van der Waals surface area contributed by atoms with Gasteiger partial charge in [-0.05, 0) is 48.5 Å². The first-order chi connectivity index (χ1) is 15.7. The Bertz CT molecular complexity index is 1290. The highest BCUT2D eigenvalue weighted by Crippen LogP contribution is 2.41. The fraction of sp³-hybridized carbons (Fsp3) is 0.0870. The van der Waals surface area contributed by atoms with Crippen molar-refractivity contribution in [2.45, 2.75) is 16.8 Å². The van der Waals surface area contributed by atoms with Crippen molar-refractivity contribution in [2.24, 2.45) is 0 Å². The third kappa shape index (κ3) is 4.87. The molecule has 0 aliphatic carbocycles. The second-order valence-corrected chi connectivity index (χ2v) is 9.09. The molecule has 0 amide bonds. The predicted octanol–water partition coefficient (Wildman–Crippen LogP) is 8.54. The van der Waals surface area contributed by atoms with Crippen molar-refractivity contribution >= 4 is 46.6 Å². The Balaban J connectivity index is 1.80. The minimum absolute atomic E-state index is 0.0227. The lowest BCUT2D eigenvalue weighted by atomic mass is 10.1. The molecular weight excluding hydrogens is 519 g/mol. The molecule has 4 rings (SSSR count). The Hall–Kier alpha value is -2.19. The van der Waals surface area contributed by atoms with Crippen molar-refractivity contribution < 1.29 is 17.6 Å². The lowest BCUT2D eigenvalue weighted by Gasteiger charge is -2.20. The maximum absolute atomic E-state index is 15.6. The topological polar surface area (TPSA) is 17.8 Å². The van der Waals surface area contributed by atoms with E-state index in [1.807, 2.05) is 0 Å². The minimum atomic E-state index is -3.52. The molecule has 0 fully saturated rings. The van der Waals surface area contributed by atoms with Crippen molar-refractivity contribution in [3.63, 3.8) is 0 Å².